The Bertz CT molecular complexity index is 673. The van der Waals surface area contributed by atoms with Crippen LogP contribution in [0.2, 0.25) is 0 Å². The number of rotatable bonds is 5. The smallest absolute Gasteiger partial charge is 0.195 e. The van der Waals surface area contributed by atoms with E-state index in [1.54, 1.807) is 23.9 Å². The van der Waals surface area contributed by atoms with Gasteiger partial charge < -0.3 is 24.8 Å². The minimum Gasteiger partial charge on any atom is -0.482 e. The number of aliphatic hydroxyl groups is 3. The van der Waals surface area contributed by atoms with Gasteiger partial charge in [0.1, 0.15) is 18.0 Å². The van der Waals surface area contributed by atoms with Crippen LogP contribution < -0.4 is 4.74 Å². The van der Waals surface area contributed by atoms with Crippen LogP contribution in [0.15, 0.2) is 53.4 Å². The Kier molecular flexibility index (Phi) is 5.98. The largest absolute Gasteiger partial charge is 0.482 e. The predicted molar refractivity (Wildman–Crippen MR) is 95.9 cm³/mol. The van der Waals surface area contributed by atoms with Crippen LogP contribution in [0, 0.1) is 0 Å². The molecule has 4 atom stereocenters. The van der Waals surface area contributed by atoms with Crippen molar-refractivity contribution < 1.29 is 24.8 Å². The lowest BCUT2D eigenvalue weighted by molar-refractivity contribution is -0.244. The van der Waals surface area contributed by atoms with E-state index in [1.165, 1.54) is 10.5 Å². The molecule has 5 nitrogen and oxygen atoms in total. The number of thioether (sulfide) groups is 1. The standard InChI is InChI=1S/C19H22O5S/c1-25-15-8-4-13(5-9-15)10-12-2-6-14(7-3-12)24-18-17(21)16(20)11-23-19(18)22/h2-9,16-22H,10-11H2,1H3/t16-,17+,18-,19-/m1/s1. The molecule has 2 aromatic carbocycles. The summed E-state index contributed by atoms with van der Waals surface area (Å²) >= 11 is 1.72. The Morgan fingerprint density at radius 2 is 1.60 bits per heavy atom. The molecule has 0 aliphatic carbocycles. The van der Waals surface area contributed by atoms with Crippen LogP contribution in [0.5, 0.6) is 5.75 Å². The number of aliphatic hydroxyl groups excluding tert-OH is 3. The van der Waals surface area contributed by atoms with Crippen molar-refractivity contribution in [1.82, 2.24) is 0 Å². The Labute approximate surface area is 151 Å². The lowest BCUT2D eigenvalue weighted by Crippen LogP contribution is -2.55. The quantitative estimate of drug-likeness (QED) is 0.704. The zero-order valence-corrected chi connectivity index (χ0v) is 14.7. The van der Waals surface area contributed by atoms with Gasteiger partial charge in [0, 0.05) is 4.90 Å². The summed E-state index contributed by atoms with van der Waals surface area (Å²) in [6, 6.07) is 15.9. The van der Waals surface area contributed by atoms with Gasteiger partial charge in [0.2, 0.25) is 0 Å². The first-order valence-corrected chi connectivity index (χ1v) is 9.33. The van der Waals surface area contributed by atoms with E-state index in [-0.39, 0.29) is 6.61 Å². The first-order valence-electron chi connectivity index (χ1n) is 8.11. The summed E-state index contributed by atoms with van der Waals surface area (Å²) in [7, 11) is 0. The first kappa shape index (κ1) is 18.2. The van der Waals surface area contributed by atoms with Gasteiger partial charge in [0.15, 0.2) is 12.4 Å². The van der Waals surface area contributed by atoms with Crippen LogP contribution in [0.25, 0.3) is 0 Å². The van der Waals surface area contributed by atoms with Crippen LogP contribution in [0.4, 0.5) is 0 Å². The molecule has 6 heteroatoms. The third-order valence-corrected chi connectivity index (χ3v) is 4.96. The van der Waals surface area contributed by atoms with Crippen LogP contribution >= 0.6 is 11.8 Å². The Morgan fingerprint density at radius 3 is 2.20 bits per heavy atom. The zero-order valence-electron chi connectivity index (χ0n) is 13.9. The molecule has 1 saturated heterocycles. The second kappa shape index (κ2) is 8.21. The van der Waals surface area contributed by atoms with Crippen LogP contribution in [0.3, 0.4) is 0 Å². The molecule has 1 aliphatic rings. The SMILES string of the molecule is CSc1ccc(Cc2ccc(O[C@@H]3[C@@H](O)[C@H](O)CO[C@H]3O)cc2)cc1. The van der Waals surface area contributed by atoms with Crippen LogP contribution in [-0.4, -0.2) is 52.8 Å². The molecular weight excluding hydrogens is 340 g/mol. The fourth-order valence-electron chi connectivity index (χ4n) is 2.73. The molecule has 2 aromatic rings. The fourth-order valence-corrected chi connectivity index (χ4v) is 3.14. The molecule has 0 aromatic heterocycles. The number of benzene rings is 2. The van der Waals surface area contributed by atoms with Gasteiger partial charge in [-0.05, 0) is 48.1 Å². The summed E-state index contributed by atoms with van der Waals surface area (Å²) in [6.45, 7) is -0.115. The van der Waals surface area contributed by atoms with E-state index in [1.807, 2.05) is 12.1 Å². The van der Waals surface area contributed by atoms with E-state index in [4.69, 9.17) is 9.47 Å². The molecule has 0 bridgehead atoms. The molecule has 0 saturated carbocycles. The maximum atomic E-state index is 9.94. The second-order valence-corrected chi connectivity index (χ2v) is 6.91. The molecule has 0 spiro atoms. The molecule has 0 amide bonds. The average Bonchev–Trinajstić information content (AvgIpc) is 2.64. The lowest BCUT2D eigenvalue weighted by atomic mass is 10.0. The molecule has 3 N–H and O–H groups in total. The minimum absolute atomic E-state index is 0.115. The molecule has 1 heterocycles. The molecule has 25 heavy (non-hydrogen) atoms. The van der Waals surface area contributed by atoms with E-state index in [0.717, 1.165) is 12.0 Å². The van der Waals surface area contributed by atoms with Crippen molar-refractivity contribution in [2.75, 3.05) is 12.9 Å². The van der Waals surface area contributed by atoms with E-state index in [9.17, 15) is 15.3 Å². The van der Waals surface area contributed by atoms with Gasteiger partial charge in [0.25, 0.3) is 0 Å². The molecule has 0 unspecified atom stereocenters. The van der Waals surface area contributed by atoms with Crippen LogP contribution in [-0.2, 0) is 11.2 Å². The van der Waals surface area contributed by atoms with E-state index in [2.05, 4.69) is 30.5 Å². The monoisotopic (exact) mass is 362 g/mol. The van der Waals surface area contributed by atoms with Gasteiger partial charge in [-0.1, -0.05) is 24.3 Å². The van der Waals surface area contributed by atoms with Gasteiger partial charge in [-0.15, -0.1) is 11.8 Å². The van der Waals surface area contributed by atoms with Crippen molar-refractivity contribution >= 4 is 11.8 Å². The molecule has 1 aliphatic heterocycles. The van der Waals surface area contributed by atoms with Gasteiger partial charge in [0.05, 0.1) is 6.61 Å². The van der Waals surface area contributed by atoms with E-state index >= 15 is 0 Å². The molecule has 1 fully saturated rings. The van der Waals surface area contributed by atoms with Crippen molar-refractivity contribution in [3.8, 4) is 5.75 Å². The third-order valence-electron chi connectivity index (χ3n) is 4.21. The number of ether oxygens (including phenoxy) is 2. The van der Waals surface area contributed by atoms with Crippen molar-refractivity contribution in [2.45, 2.75) is 35.9 Å². The Balaban J connectivity index is 1.63. The highest BCUT2D eigenvalue weighted by atomic mass is 32.2. The topological polar surface area (TPSA) is 79.2 Å². The first-order chi connectivity index (χ1) is 12.1. The van der Waals surface area contributed by atoms with E-state index < -0.39 is 24.6 Å². The highest BCUT2D eigenvalue weighted by Crippen LogP contribution is 2.23. The summed E-state index contributed by atoms with van der Waals surface area (Å²) in [5, 5.41) is 29.4. The Morgan fingerprint density at radius 1 is 1.00 bits per heavy atom. The highest BCUT2D eigenvalue weighted by Gasteiger charge is 2.39. The van der Waals surface area contributed by atoms with Crippen molar-refractivity contribution in [2.24, 2.45) is 0 Å². The summed E-state index contributed by atoms with van der Waals surface area (Å²) < 4.78 is 10.6. The summed E-state index contributed by atoms with van der Waals surface area (Å²) in [4.78, 5) is 1.24. The van der Waals surface area contributed by atoms with Gasteiger partial charge in [-0.25, -0.2) is 0 Å². The zero-order chi connectivity index (χ0) is 17.8. The summed E-state index contributed by atoms with van der Waals surface area (Å²) in [5.74, 6) is 0.502. The molecule has 134 valence electrons. The third kappa shape index (κ3) is 4.54. The van der Waals surface area contributed by atoms with Crippen molar-refractivity contribution in [3.05, 3.63) is 59.7 Å². The van der Waals surface area contributed by atoms with Crippen molar-refractivity contribution in [3.63, 3.8) is 0 Å². The van der Waals surface area contributed by atoms with Crippen LogP contribution in [0.1, 0.15) is 11.1 Å². The summed E-state index contributed by atoms with van der Waals surface area (Å²) in [5.41, 5.74) is 2.35. The van der Waals surface area contributed by atoms with E-state index in [0.29, 0.717) is 5.75 Å². The minimum atomic E-state index is -1.27. The van der Waals surface area contributed by atoms with Gasteiger partial charge in [-0.3, -0.25) is 0 Å². The number of hydrogen-bond acceptors (Lipinski definition) is 6. The lowest BCUT2D eigenvalue weighted by Gasteiger charge is -2.35. The molecular formula is C19H22O5S. The second-order valence-electron chi connectivity index (χ2n) is 6.03. The summed E-state index contributed by atoms with van der Waals surface area (Å²) in [6.07, 6.45) is -1.69. The predicted octanol–water partition coefficient (Wildman–Crippen LogP) is 1.82. The molecule has 3 rings (SSSR count). The van der Waals surface area contributed by atoms with Gasteiger partial charge >= 0.3 is 0 Å². The maximum absolute atomic E-state index is 9.94. The normalized spacial score (nSPS) is 26.4. The fraction of sp³-hybridized carbons (Fsp3) is 0.368. The highest BCUT2D eigenvalue weighted by molar-refractivity contribution is 7.98. The number of hydrogen-bond donors (Lipinski definition) is 3. The van der Waals surface area contributed by atoms with Gasteiger partial charge in [-0.2, -0.15) is 0 Å². The van der Waals surface area contributed by atoms with Crippen molar-refractivity contribution in [1.29, 1.82) is 0 Å². The average molecular weight is 362 g/mol. The molecule has 0 radical (unpaired) electrons. The maximum Gasteiger partial charge on any atom is 0.195 e. The Hall–Kier alpha value is -1.57.